The summed E-state index contributed by atoms with van der Waals surface area (Å²) in [5.74, 6) is 0. The molecule has 1 saturated heterocycles. The molecule has 0 saturated carbocycles. The van der Waals surface area contributed by atoms with Gasteiger partial charge in [0.2, 0.25) is 0 Å². The Balaban J connectivity index is 2.04. The summed E-state index contributed by atoms with van der Waals surface area (Å²) >= 11 is 0. The van der Waals surface area contributed by atoms with Gasteiger partial charge in [0.15, 0.2) is 0 Å². The average molecular weight is 251 g/mol. The van der Waals surface area contributed by atoms with Gasteiger partial charge in [0.1, 0.15) is 0 Å². The number of hydrogen-bond acceptors (Lipinski definition) is 3. The first-order chi connectivity index (χ1) is 8.56. The molecule has 1 aromatic heterocycles. The molecular formula is C14H25N3O. The van der Waals surface area contributed by atoms with Gasteiger partial charge in [-0.25, -0.2) is 0 Å². The highest BCUT2D eigenvalue weighted by molar-refractivity contribution is 5.17. The van der Waals surface area contributed by atoms with E-state index in [4.69, 9.17) is 0 Å². The molecule has 1 N–H and O–H groups in total. The number of aliphatic hydroxyl groups is 1. The van der Waals surface area contributed by atoms with E-state index in [1.807, 2.05) is 11.7 Å². The highest BCUT2D eigenvalue weighted by atomic mass is 16.3. The van der Waals surface area contributed by atoms with Crippen molar-refractivity contribution in [2.75, 3.05) is 19.7 Å². The minimum absolute atomic E-state index is 0.0762. The van der Waals surface area contributed by atoms with Gasteiger partial charge in [-0.15, -0.1) is 0 Å². The number of rotatable bonds is 4. The van der Waals surface area contributed by atoms with Gasteiger partial charge in [-0.3, -0.25) is 9.58 Å². The summed E-state index contributed by atoms with van der Waals surface area (Å²) in [7, 11) is 1.98. The molecule has 0 aromatic carbocycles. The maximum Gasteiger partial charge on any atom is 0.0666 e. The fraction of sp³-hybridized carbons (Fsp3) is 0.786. The lowest BCUT2D eigenvalue weighted by Crippen LogP contribution is -2.43. The fourth-order valence-corrected chi connectivity index (χ4v) is 2.95. The molecular weight excluding hydrogens is 226 g/mol. The average Bonchev–Trinajstić information content (AvgIpc) is 2.69. The quantitative estimate of drug-likeness (QED) is 0.883. The first-order valence-electron chi connectivity index (χ1n) is 6.91. The van der Waals surface area contributed by atoms with Gasteiger partial charge in [-0.2, -0.15) is 5.10 Å². The smallest absolute Gasteiger partial charge is 0.0666 e. The third-order valence-electron chi connectivity index (χ3n) is 3.96. The van der Waals surface area contributed by atoms with Crippen LogP contribution in [0.1, 0.15) is 37.9 Å². The van der Waals surface area contributed by atoms with Crippen molar-refractivity contribution < 1.29 is 5.11 Å². The Morgan fingerprint density at radius 1 is 1.50 bits per heavy atom. The molecule has 2 rings (SSSR count). The molecule has 1 aliphatic rings. The van der Waals surface area contributed by atoms with Crippen molar-refractivity contribution in [3.05, 3.63) is 17.5 Å². The van der Waals surface area contributed by atoms with Crippen LogP contribution in [0.2, 0.25) is 0 Å². The predicted octanol–water partition coefficient (Wildman–Crippen LogP) is 1.58. The number of hydrogen-bond donors (Lipinski definition) is 1. The van der Waals surface area contributed by atoms with E-state index >= 15 is 0 Å². The molecule has 0 spiro atoms. The SMILES string of the molecule is CCc1nn(C)cc1CN1CCCC(C)(CO)C1. The Bertz CT molecular complexity index is 402. The second kappa shape index (κ2) is 5.41. The van der Waals surface area contributed by atoms with Gasteiger partial charge in [-0.05, 0) is 25.8 Å². The number of piperidine rings is 1. The van der Waals surface area contributed by atoms with E-state index in [-0.39, 0.29) is 12.0 Å². The molecule has 102 valence electrons. The van der Waals surface area contributed by atoms with Gasteiger partial charge in [0, 0.05) is 43.9 Å². The summed E-state index contributed by atoms with van der Waals surface area (Å²) < 4.78 is 1.91. The molecule has 1 aliphatic heterocycles. The van der Waals surface area contributed by atoms with Crippen molar-refractivity contribution in [1.82, 2.24) is 14.7 Å². The monoisotopic (exact) mass is 251 g/mol. The second-order valence-corrected chi connectivity index (χ2v) is 5.91. The molecule has 18 heavy (non-hydrogen) atoms. The van der Waals surface area contributed by atoms with Crippen LogP contribution < -0.4 is 0 Å². The summed E-state index contributed by atoms with van der Waals surface area (Å²) in [6.45, 7) is 7.71. The van der Waals surface area contributed by atoms with Crippen LogP contribution in [0.5, 0.6) is 0 Å². The topological polar surface area (TPSA) is 41.3 Å². The van der Waals surface area contributed by atoms with E-state index in [1.165, 1.54) is 17.7 Å². The fourth-order valence-electron chi connectivity index (χ4n) is 2.95. The Hall–Kier alpha value is -0.870. The van der Waals surface area contributed by atoms with Crippen LogP contribution in [-0.4, -0.2) is 39.5 Å². The number of aromatic nitrogens is 2. The maximum atomic E-state index is 9.50. The Labute approximate surface area is 110 Å². The lowest BCUT2D eigenvalue weighted by molar-refractivity contribution is 0.0428. The van der Waals surface area contributed by atoms with Gasteiger partial charge in [0.25, 0.3) is 0 Å². The summed E-state index contributed by atoms with van der Waals surface area (Å²) in [5.41, 5.74) is 2.61. The van der Waals surface area contributed by atoms with E-state index < -0.39 is 0 Å². The van der Waals surface area contributed by atoms with Crippen LogP contribution in [-0.2, 0) is 20.0 Å². The molecule has 4 heteroatoms. The van der Waals surface area contributed by atoms with Crippen molar-refractivity contribution >= 4 is 0 Å². The third-order valence-corrected chi connectivity index (χ3v) is 3.96. The van der Waals surface area contributed by atoms with E-state index in [0.29, 0.717) is 0 Å². The lowest BCUT2D eigenvalue weighted by Gasteiger charge is -2.39. The molecule has 0 aliphatic carbocycles. The third kappa shape index (κ3) is 2.93. The molecule has 2 heterocycles. The zero-order valence-corrected chi connectivity index (χ0v) is 11.8. The maximum absolute atomic E-state index is 9.50. The minimum atomic E-state index is 0.0762. The van der Waals surface area contributed by atoms with Crippen molar-refractivity contribution in [1.29, 1.82) is 0 Å². The van der Waals surface area contributed by atoms with Crippen molar-refractivity contribution in [3.63, 3.8) is 0 Å². The van der Waals surface area contributed by atoms with E-state index in [0.717, 1.165) is 32.5 Å². The summed E-state index contributed by atoms with van der Waals surface area (Å²) in [5, 5.41) is 14.0. The first kappa shape index (κ1) is 13.6. The van der Waals surface area contributed by atoms with E-state index in [1.54, 1.807) is 0 Å². The van der Waals surface area contributed by atoms with Gasteiger partial charge >= 0.3 is 0 Å². The summed E-state index contributed by atoms with van der Waals surface area (Å²) in [6, 6.07) is 0. The zero-order valence-electron chi connectivity index (χ0n) is 11.8. The second-order valence-electron chi connectivity index (χ2n) is 5.91. The van der Waals surface area contributed by atoms with E-state index in [9.17, 15) is 5.11 Å². The van der Waals surface area contributed by atoms with Crippen molar-refractivity contribution in [2.45, 2.75) is 39.7 Å². The molecule has 4 nitrogen and oxygen atoms in total. The normalized spacial score (nSPS) is 25.6. The lowest BCUT2D eigenvalue weighted by atomic mass is 9.82. The van der Waals surface area contributed by atoms with Crippen LogP contribution in [0.15, 0.2) is 6.20 Å². The van der Waals surface area contributed by atoms with E-state index in [2.05, 4.69) is 30.0 Å². The summed E-state index contributed by atoms with van der Waals surface area (Å²) in [4.78, 5) is 2.45. The summed E-state index contributed by atoms with van der Waals surface area (Å²) in [6.07, 6.45) is 5.43. The molecule has 1 unspecified atom stereocenters. The van der Waals surface area contributed by atoms with Crippen LogP contribution in [0.25, 0.3) is 0 Å². The Kier molecular flexibility index (Phi) is 4.07. The van der Waals surface area contributed by atoms with Gasteiger partial charge < -0.3 is 5.11 Å². The molecule has 1 aromatic rings. The van der Waals surface area contributed by atoms with Crippen LogP contribution in [0.3, 0.4) is 0 Å². The minimum Gasteiger partial charge on any atom is -0.396 e. The number of likely N-dealkylation sites (tertiary alicyclic amines) is 1. The van der Waals surface area contributed by atoms with Crippen molar-refractivity contribution in [3.8, 4) is 0 Å². The highest BCUT2D eigenvalue weighted by Crippen LogP contribution is 2.29. The largest absolute Gasteiger partial charge is 0.396 e. The van der Waals surface area contributed by atoms with Crippen LogP contribution >= 0.6 is 0 Å². The zero-order chi connectivity index (χ0) is 13.2. The van der Waals surface area contributed by atoms with Gasteiger partial charge in [0.05, 0.1) is 5.69 Å². The Morgan fingerprint density at radius 3 is 2.94 bits per heavy atom. The molecule has 0 bridgehead atoms. The van der Waals surface area contributed by atoms with Crippen molar-refractivity contribution in [2.24, 2.45) is 12.5 Å². The van der Waals surface area contributed by atoms with Crippen LogP contribution in [0, 0.1) is 5.41 Å². The molecule has 1 atom stereocenters. The first-order valence-corrected chi connectivity index (χ1v) is 6.91. The number of aryl methyl sites for hydroxylation is 2. The Morgan fingerprint density at radius 2 is 2.28 bits per heavy atom. The number of nitrogens with zero attached hydrogens (tertiary/aromatic N) is 3. The van der Waals surface area contributed by atoms with Gasteiger partial charge in [-0.1, -0.05) is 13.8 Å². The number of aliphatic hydroxyl groups excluding tert-OH is 1. The standard InChI is InChI=1S/C14H25N3O/c1-4-13-12(8-16(3)15-13)9-17-7-5-6-14(2,10-17)11-18/h8,18H,4-7,9-11H2,1-3H3. The van der Waals surface area contributed by atoms with Crippen LogP contribution in [0.4, 0.5) is 0 Å². The molecule has 0 radical (unpaired) electrons. The molecule has 0 amide bonds. The predicted molar refractivity (Wildman–Crippen MR) is 72.3 cm³/mol. The molecule has 1 fully saturated rings. The highest BCUT2D eigenvalue weighted by Gasteiger charge is 2.30.